The first kappa shape index (κ1) is 35.0. The van der Waals surface area contributed by atoms with Gasteiger partial charge < -0.3 is 9.13 Å². The third kappa shape index (κ3) is 5.19. The molecule has 1 aliphatic rings. The van der Waals surface area contributed by atoms with Gasteiger partial charge in [-0.05, 0) is 123 Å². The Kier molecular flexibility index (Phi) is 7.76. The second-order valence-electron chi connectivity index (χ2n) is 16.7. The number of para-hydroxylation sites is 3. The number of hydrogen-bond donors (Lipinski definition) is 0. The Hall–Kier alpha value is -6.94. The molecule has 1 aliphatic carbocycles. The predicted octanol–water partition coefficient (Wildman–Crippen LogP) is 16.0. The first-order valence-corrected chi connectivity index (χ1v) is 21.5. The highest BCUT2D eigenvalue weighted by molar-refractivity contribution is 9.10. The van der Waals surface area contributed by atoms with Gasteiger partial charge in [0.05, 0.1) is 27.8 Å². The van der Waals surface area contributed by atoms with Crippen LogP contribution in [-0.2, 0) is 5.41 Å². The van der Waals surface area contributed by atoms with Crippen molar-refractivity contribution in [1.82, 2.24) is 9.13 Å². The number of rotatable bonds is 5. The molecule has 0 unspecified atom stereocenters. The molecule has 0 amide bonds. The number of halogens is 1. The smallest absolute Gasteiger partial charge is 0.0547 e. The Labute approximate surface area is 357 Å². The van der Waals surface area contributed by atoms with Crippen LogP contribution in [0.2, 0.25) is 0 Å². The number of benzene rings is 9. The summed E-state index contributed by atoms with van der Waals surface area (Å²) in [4.78, 5) is 0. The minimum absolute atomic E-state index is 0.0764. The van der Waals surface area contributed by atoms with E-state index < -0.39 is 0 Å². The van der Waals surface area contributed by atoms with Gasteiger partial charge in [0, 0.05) is 42.7 Å². The Morgan fingerprint density at radius 2 is 0.933 bits per heavy atom. The van der Waals surface area contributed by atoms with Crippen LogP contribution >= 0.6 is 15.9 Å². The van der Waals surface area contributed by atoms with Crippen LogP contribution in [0.25, 0.3) is 99.5 Å². The lowest BCUT2D eigenvalue weighted by atomic mass is 9.82. The average molecular weight is 832 g/mol. The molecule has 2 heterocycles. The fraction of sp³-hybridized carbons (Fsp3) is 0.0526. The molecule has 0 N–H and O–H groups in total. The molecule has 0 saturated carbocycles. The van der Waals surface area contributed by atoms with Gasteiger partial charge in [0.2, 0.25) is 0 Å². The van der Waals surface area contributed by atoms with Crippen molar-refractivity contribution in [3.8, 4) is 55.9 Å². The summed E-state index contributed by atoms with van der Waals surface area (Å²) in [5.74, 6) is 0. The zero-order chi connectivity index (χ0) is 40.1. The van der Waals surface area contributed by atoms with Crippen LogP contribution < -0.4 is 0 Å². The topological polar surface area (TPSA) is 9.86 Å². The molecule has 2 aromatic heterocycles. The predicted molar refractivity (Wildman–Crippen MR) is 257 cm³/mol. The Bertz CT molecular complexity index is 3530. The third-order valence-corrected chi connectivity index (χ3v) is 13.7. The maximum absolute atomic E-state index is 3.90. The molecule has 0 bridgehead atoms. The van der Waals surface area contributed by atoms with E-state index in [9.17, 15) is 0 Å². The molecule has 284 valence electrons. The molecular formula is C57H39BrN2. The van der Waals surface area contributed by atoms with Crippen molar-refractivity contribution in [3.63, 3.8) is 0 Å². The van der Waals surface area contributed by atoms with Crippen molar-refractivity contribution in [1.29, 1.82) is 0 Å². The lowest BCUT2D eigenvalue weighted by Gasteiger charge is -2.21. The van der Waals surface area contributed by atoms with Crippen LogP contribution in [0.3, 0.4) is 0 Å². The molecule has 60 heavy (non-hydrogen) atoms. The Balaban J connectivity index is 1.07. The van der Waals surface area contributed by atoms with Gasteiger partial charge in [0.15, 0.2) is 0 Å². The summed E-state index contributed by atoms with van der Waals surface area (Å²) in [6.45, 7) is 4.72. The molecule has 9 aromatic carbocycles. The van der Waals surface area contributed by atoms with Crippen LogP contribution in [0.15, 0.2) is 205 Å². The van der Waals surface area contributed by atoms with Crippen LogP contribution in [-0.4, -0.2) is 9.13 Å². The van der Waals surface area contributed by atoms with Crippen molar-refractivity contribution >= 4 is 59.5 Å². The minimum atomic E-state index is -0.0764. The minimum Gasteiger partial charge on any atom is -0.309 e. The number of fused-ring (bicyclic) bond motifs is 9. The number of hydrogen-bond acceptors (Lipinski definition) is 0. The zero-order valence-corrected chi connectivity index (χ0v) is 34.9. The number of nitrogens with zero attached hydrogens (tertiary/aromatic N) is 2. The quantitative estimate of drug-likeness (QED) is 0.164. The Morgan fingerprint density at radius 1 is 0.367 bits per heavy atom. The third-order valence-electron chi connectivity index (χ3n) is 13.0. The summed E-state index contributed by atoms with van der Waals surface area (Å²) in [6, 6.07) is 73.8. The molecule has 11 aromatic rings. The van der Waals surface area contributed by atoms with Gasteiger partial charge in [-0.3, -0.25) is 0 Å². The van der Waals surface area contributed by atoms with Crippen LogP contribution in [0.4, 0.5) is 0 Å². The maximum Gasteiger partial charge on any atom is 0.0547 e. The first-order chi connectivity index (χ1) is 29.4. The fourth-order valence-electron chi connectivity index (χ4n) is 10.2. The molecule has 0 aliphatic heterocycles. The van der Waals surface area contributed by atoms with Gasteiger partial charge >= 0.3 is 0 Å². The summed E-state index contributed by atoms with van der Waals surface area (Å²) in [7, 11) is 0. The summed E-state index contributed by atoms with van der Waals surface area (Å²) < 4.78 is 5.97. The van der Waals surface area contributed by atoms with E-state index in [0.29, 0.717) is 0 Å². The summed E-state index contributed by atoms with van der Waals surface area (Å²) in [6.07, 6.45) is 0. The van der Waals surface area contributed by atoms with Crippen LogP contribution in [0, 0.1) is 0 Å². The van der Waals surface area contributed by atoms with Crippen LogP contribution in [0.5, 0.6) is 0 Å². The van der Waals surface area contributed by atoms with Gasteiger partial charge in [-0.2, -0.15) is 0 Å². The van der Waals surface area contributed by atoms with Gasteiger partial charge in [-0.15, -0.1) is 0 Å². The van der Waals surface area contributed by atoms with Crippen molar-refractivity contribution < 1.29 is 0 Å². The van der Waals surface area contributed by atoms with E-state index in [4.69, 9.17) is 0 Å². The molecule has 12 rings (SSSR count). The summed E-state index contributed by atoms with van der Waals surface area (Å²) in [5, 5.41) is 5.00. The van der Waals surface area contributed by atoms with Gasteiger partial charge in [-0.1, -0.05) is 157 Å². The summed E-state index contributed by atoms with van der Waals surface area (Å²) in [5.41, 5.74) is 19.6. The van der Waals surface area contributed by atoms with Gasteiger partial charge in [0.25, 0.3) is 0 Å². The lowest BCUT2D eigenvalue weighted by molar-refractivity contribution is 0.660. The maximum atomic E-state index is 3.90. The molecule has 2 nitrogen and oxygen atoms in total. The highest BCUT2D eigenvalue weighted by Crippen LogP contribution is 2.52. The van der Waals surface area contributed by atoms with E-state index in [0.717, 1.165) is 10.2 Å². The number of aromatic nitrogens is 2. The van der Waals surface area contributed by atoms with Crippen molar-refractivity contribution in [2.24, 2.45) is 0 Å². The fourth-order valence-corrected chi connectivity index (χ4v) is 10.7. The van der Waals surface area contributed by atoms with Crippen LogP contribution in [0.1, 0.15) is 25.0 Å². The molecule has 3 heteroatoms. The molecule has 0 spiro atoms. The first-order valence-electron chi connectivity index (χ1n) is 20.7. The standard InChI is InChI=1S/C57H39BrN2/c1-57(2)48-21-10-6-20-46(48)56-49(57)22-14-26-54(56)60-52-25-13-9-19-44(52)47-34-36(28-30-53(47)60)38-31-39(33-40(32-38)42-17-7-11-23-50(42)58)37-27-29-45-43-18-8-12-24-51(43)59(55(45)35-37)41-15-4-3-5-16-41/h3-35H,1-2H3. The van der Waals surface area contributed by atoms with E-state index in [-0.39, 0.29) is 5.41 Å². The van der Waals surface area contributed by atoms with E-state index in [1.54, 1.807) is 0 Å². The highest BCUT2D eigenvalue weighted by Gasteiger charge is 2.37. The second-order valence-corrected chi connectivity index (χ2v) is 17.5. The highest BCUT2D eigenvalue weighted by atomic mass is 79.9. The second kappa shape index (κ2) is 13.3. The summed E-state index contributed by atoms with van der Waals surface area (Å²) >= 11 is 3.90. The zero-order valence-electron chi connectivity index (χ0n) is 33.3. The van der Waals surface area contributed by atoms with Crippen molar-refractivity contribution in [3.05, 3.63) is 216 Å². The van der Waals surface area contributed by atoms with E-state index in [2.05, 4.69) is 239 Å². The lowest BCUT2D eigenvalue weighted by Crippen LogP contribution is -2.14. The Morgan fingerprint density at radius 3 is 1.72 bits per heavy atom. The monoisotopic (exact) mass is 830 g/mol. The van der Waals surface area contributed by atoms with E-state index in [1.165, 1.54) is 105 Å². The molecule has 0 fully saturated rings. The van der Waals surface area contributed by atoms with Crippen molar-refractivity contribution in [2.75, 3.05) is 0 Å². The normalized spacial score (nSPS) is 13.1. The average Bonchev–Trinajstić information content (AvgIpc) is 3.89. The molecule has 0 atom stereocenters. The SMILES string of the molecule is CC1(C)c2ccccc2-c2c(-n3c4ccccc4c4cc(-c5cc(-c6ccc7c8ccccc8n(-c8ccccc8)c7c6)cc(-c6ccccc6Br)c5)ccc43)cccc21. The van der Waals surface area contributed by atoms with Gasteiger partial charge in [-0.25, -0.2) is 0 Å². The van der Waals surface area contributed by atoms with Crippen molar-refractivity contribution in [2.45, 2.75) is 19.3 Å². The molecule has 0 saturated heterocycles. The largest absolute Gasteiger partial charge is 0.309 e. The molecule has 0 radical (unpaired) electrons. The van der Waals surface area contributed by atoms with E-state index in [1.807, 2.05) is 0 Å². The van der Waals surface area contributed by atoms with E-state index >= 15 is 0 Å². The van der Waals surface area contributed by atoms with Gasteiger partial charge in [0.1, 0.15) is 0 Å². The molecular weight excluding hydrogens is 793 g/mol.